The van der Waals surface area contributed by atoms with Gasteiger partial charge in [-0.05, 0) is 68.5 Å². The van der Waals surface area contributed by atoms with Gasteiger partial charge in [0.2, 0.25) is 0 Å². The highest BCUT2D eigenvalue weighted by atomic mass is 19.1. The van der Waals surface area contributed by atoms with Crippen LogP contribution >= 0.6 is 0 Å². The lowest BCUT2D eigenvalue weighted by atomic mass is 9.95. The van der Waals surface area contributed by atoms with E-state index in [2.05, 4.69) is 15.8 Å². The number of fused-ring (bicyclic) bond motifs is 3. The number of carbonyl (C=O) groups is 2. The van der Waals surface area contributed by atoms with Crippen LogP contribution in [0.25, 0.3) is 10.9 Å². The molecule has 0 saturated carbocycles. The number of H-pyrrole nitrogens is 1. The van der Waals surface area contributed by atoms with Gasteiger partial charge in [0.15, 0.2) is 17.7 Å². The maximum absolute atomic E-state index is 13.6. The van der Waals surface area contributed by atoms with Crippen LogP contribution in [0.4, 0.5) is 4.39 Å². The molecule has 0 aliphatic heterocycles. The molecule has 1 heterocycles. The Morgan fingerprint density at radius 3 is 2.72 bits per heavy atom. The molecule has 7 heteroatoms. The summed E-state index contributed by atoms with van der Waals surface area (Å²) in [7, 11) is 0. The molecular formula is C22H22FN3O3. The number of ether oxygens (including phenoxy) is 1. The van der Waals surface area contributed by atoms with Gasteiger partial charge in [-0.3, -0.25) is 20.4 Å². The van der Waals surface area contributed by atoms with E-state index in [0.29, 0.717) is 5.56 Å². The average molecular weight is 395 g/mol. The Balaban J connectivity index is 1.40. The molecule has 4 rings (SSSR count). The maximum Gasteiger partial charge on any atom is 0.279 e. The Morgan fingerprint density at radius 1 is 1.10 bits per heavy atom. The number of aromatic amines is 1. The zero-order chi connectivity index (χ0) is 20.4. The molecule has 6 nitrogen and oxygen atoms in total. The van der Waals surface area contributed by atoms with Gasteiger partial charge in [-0.2, -0.15) is 0 Å². The van der Waals surface area contributed by atoms with Crippen molar-refractivity contribution in [2.75, 3.05) is 0 Å². The van der Waals surface area contributed by atoms with Crippen molar-refractivity contribution in [2.24, 2.45) is 0 Å². The van der Waals surface area contributed by atoms with Crippen molar-refractivity contribution >= 4 is 22.7 Å². The Hall–Kier alpha value is -3.35. The molecule has 2 amide bonds. The number of amides is 2. The summed E-state index contributed by atoms with van der Waals surface area (Å²) < 4.78 is 19.0. The van der Waals surface area contributed by atoms with E-state index in [4.69, 9.17) is 4.74 Å². The molecule has 3 N–H and O–H groups in total. The van der Waals surface area contributed by atoms with Gasteiger partial charge in [-0.1, -0.05) is 12.1 Å². The minimum absolute atomic E-state index is 0.0239. The molecule has 1 unspecified atom stereocenters. The fourth-order valence-corrected chi connectivity index (χ4v) is 3.62. The van der Waals surface area contributed by atoms with E-state index in [9.17, 15) is 14.0 Å². The fourth-order valence-electron chi connectivity index (χ4n) is 3.62. The summed E-state index contributed by atoms with van der Waals surface area (Å²) in [5, 5.41) is 1.05. The average Bonchev–Trinajstić information content (AvgIpc) is 3.11. The standard InChI is InChI=1S/C22H22FN3O3/c1-13(29-20-9-5-3-7-17(20)23)21(27)25-26-22(28)14-10-11-19-16(12-14)15-6-2-4-8-18(15)24-19/h3,5,7,9-13,24H,2,4,6,8H2,1H3,(H,25,27)(H,26,28). The summed E-state index contributed by atoms with van der Waals surface area (Å²) in [6.45, 7) is 1.48. The van der Waals surface area contributed by atoms with E-state index >= 15 is 0 Å². The second-order valence-corrected chi connectivity index (χ2v) is 7.18. The number of nitrogens with one attached hydrogen (secondary N) is 3. The third-order valence-corrected chi connectivity index (χ3v) is 5.17. The SMILES string of the molecule is CC(Oc1ccccc1F)C(=O)NNC(=O)c1ccc2[nH]c3c(c2c1)CCCC3. The lowest BCUT2D eigenvalue weighted by Crippen LogP contribution is -2.47. The molecule has 150 valence electrons. The fraction of sp³-hybridized carbons (Fsp3) is 0.273. The predicted octanol–water partition coefficient (Wildman–Crippen LogP) is 3.41. The van der Waals surface area contributed by atoms with Gasteiger partial charge in [0.25, 0.3) is 11.8 Å². The van der Waals surface area contributed by atoms with Gasteiger partial charge in [0.1, 0.15) is 0 Å². The van der Waals surface area contributed by atoms with Crippen molar-refractivity contribution in [1.29, 1.82) is 0 Å². The van der Waals surface area contributed by atoms with Crippen molar-refractivity contribution in [3.8, 4) is 5.75 Å². The van der Waals surface area contributed by atoms with Crippen LogP contribution in [-0.4, -0.2) is 22.9 Å². The number of hydrogen-bond donors (Lipinski definition) is 3. The van der Waals surface area contributed by atoms with Crippen molar-refractivity contribution in [3.05, 3.63) is 65.1 Å². The van der Waals surface area contributed by atoms with Crippen molar-refractivity contribution in [3.63, 3.8) is 0 Å². The molecule has 3 aromatic rings. The van der Waals surface area contributed by atoms with Crippen molar-refractivity contribution in [2.45, 2.75) is 38.7 Å². The van der Waals surface area contributed by atoms with Crippen LogP contribution in [0.1, 0.15) is 41.4 Å². The molecule has 0 fully saturated rings. The molecule has 2 aromatic carbocycles. The number of aromatic nitrogens is 1. The summed E-state index contributed by atoms with van der Waals surface area (Å²) in [6.07, 6.45) is 3.37. The summed E-state index contributed by atoms with van der Waals surface area (Å²) >= 11 is 0. The molecular weight excluding hydrogens is 373 g/mol. The number of rotatable bonds is 4. The highest BCUT2D eigenvalue weighted by molar-refractivity contribution is 6.00. The van der Waals surface area contributed by atoms with Gasteiger partial charge in [0.05, 0.1) is 0 Å². The number of hydrogen-bond acceptors (Lipinski definition) is 3. The summed E-state index contributed by atoms with van der Waals surface area (Å²) in [4.78, 5) is 28.1. The Morgan fingerprint density at radius 2 is 1.90 bits per heavy atom. The summed E-state index contributed by atoms with van der Waals surface area (Å²) in [5.74, 6) is -1.59. The first-order chi connectivity index (χ1) is 14.0. The molecule has 1 atom stereocenters. The zero-order valence-corrected chi connectivity index (χ0v) is 16.0. The van der Waals surface area contributed by atoms with E-state index in [1.54, 1.807) is 12.1 Å². The van der Waals surface area contributed by atoms with Crippen LogP contribution in [-0.2, 0) is 17.6 Å². The molecule has 0 saturated heterocycles. The predicted molar refractivity (Wildman–Crippen MR) is 107 cm³/mol. The van der Waals surface area contributed by atoms with E-state index < -0.39 is 23.7 Å². The Kier molecular flexibility index (Phi) is 5.20. The molecule has 1 aliphatic carbocycles. The van der Waals surface area contributed by atoms with Gasteiger partial charge >= 0.3 is 0 Å². The second kappa shape index (κ2) is 7.95. The Labute approximate surface area is 167 Å². The van der Waals surface area contributed by atoms with Crippen LogP contribution in [0.5, 0.6) is 5.75 Å². The monoisotopic (exact) mass is 395 g/mol. The molecule has 0 spiro atoms. The lowest BCUT2D eigenvalue weighted by Gasteiger charge is -2.15. The number of carbonyl (C=O) groups excluding carboxylic acids is 2. The molecule has 29 heavy (non-hydrogen) atoms. The summed E-state index contributed by atoms with van der Waals surface area (Å²) in [5.41, 5.74) is 8.72. The number of halogens is 1. The highest BCUT2D eigenvalue weighted by Gasteiger charge is 2.19. The van der Waals surface area contributed by atoms with Crippen molar-refractivity contribution in [1.82, 2.24) is 15.8 Å². The van der Waals surface area contributed by atoms with Crippen molar-refractivity contribution < 1.29 is 18.7 Å². The molecule has 1 aliphatic rings. The molecule has 1 aromatic heterocycles. The minimum Gasteiger partial charge on any atom is -0.478 e. The smallest absolute Gasteiger partial charge is 0.279 e. The molecule has 0 bridgehead atoms. The van der Waals surface area contributed by atoms with Gasteiger partial charge in [-0.25, -0.2) is 4.39 Å². The number of hydrazine groups is 1. The van der Waals surface area contributed by atoms with Crippen LogP contribution in [0.2, 0.25) is 0 Å². The number of benzene rings is 2. The first-order valence-corrected chi connectivity index (χ1v) is 9.68. The lowest BCUT2D eigenvalue weighted by molar-refractivity contribution is -0.128. The summed E-state index contributed by atoms with van der Waals surface area (Å²) in [6, 6.07) is 11.3. The Bertz CT molecular complexity index is 1080. The van der Waals surface area contributed by atoms with Crippen LogP contribution < -0.4 is 15.6 Å². The van der Waals surface area contributed by atoms with Gasteiger partial charge < -0.3 is 9.72 Å². The quantitative estimate of drug-likeness (QED) is 0.592. The van der Waals surface area contributed by atoms with Gasteiger partial charge in [0, 0.05) is 22.2 Å². The third kappa shape index (κ3) is 3.94. The topological polar surface area (TPSA) is 83.2 Å². The third-order valence-electron chi connectivity index (χ3n) is 5.17. The van der Waals surface area contributed by atoms with Crippen LogP contribution in [0.15, 0.2) is 42.5 Å². The number of aryl methyl sites for hydroxylation is 2. The van der Waals surface area contributed by atoms with Gasteiger partial charge in [-0.15, -0.1) is 0 Å². The van der Waals surface area contributed by atoms with E-state index in [1.807, 2.05) is 12.1 Å². The number of para-hydroxylation sites is 1. The normalized spacial score (nSPS) is 14.1. The first-order valence-electron chi connectivity index (χ1n) is 9.68. The highest BCUT2D eigenvalue weighted by Crippen LogP contribution is 2.29. The second-order valence-electron chi connectivity index (χ2n) is 7.18. The zero-order valence-electron chi connectivity index (χ0n) is 16.0. The maximum atomic E-state index is 13.6. The minimum atomic E-state index is -0.980. The van der Waals surface area contributed by atoms with Crippen LogP contribution in [0, 0.1) is 5.82 Å². The van der Waals surface area contributed by atoms with E-state index in [0.717, 1.165) is 30.2 Å². The molecule has 0 radical (unpaired) electrons. The van der Waals surface area contributed by atoms with E-state index in [1.165, 1.54) is 42.8 Å². The largest absolute Gasteiger partial charge is 0.478 e. The first kappa shape index (κ1) is 19.0. The van der Waals surface area contributed by atoms with Crippen LogP contribution in [0.3, 0.4) is 0 Å². The van der Waals surface area contributed by atoms with E-state index in [-0.39, 0.29) is 5.75 Å².